The molecule has 1 amide bonds. The fourth-order valence-corrected chi connectivity index (χ4v) is 2.13. The predicted octanol–water partition coefficient (Wildman–Crippen LogP) is 1.57. The normalized spacial score (nSPS) is 22.7. The molecule has 18 heavy (non-hydrogen) atoms. The minimum atomic E-state index is -0.977. The van der Waals surface area contributed by atoms with Crippen LogP contribution >= 0.6 is 0 Å². The van der Waals surface area contributed by atoms with Crippen molar-refractivity contribution in [3.63, 3.8) is 0 Å². The Hall–Kier alpha value is -1.62. The molecular formula is C13H18N2O3. The Morgan fingerprint density at radius 3 is 2.78 bits per heavy atom. The minimum absolute atomic E-state index is 0.0965. The van der Waals surface area contributed by atoms with Gasteiger partial charge in [-0.05, 0) is 38.8 Å². The highest BCUT2D eigenvalue weighted by Crippen LogP contribution is 2.43. The molecule has 1 saturated carbocycles. The van der Waals surface area contributed by atoms with Crippen molar-refractivity contribution in [1.29, 1.82) is 0 Å². The quantitative estimate of drug-likeness (QED) is 0.852. The number of hydrogen-bond donors (Lipinski definition) is 2. The summed E-state index contributed by atoms with van der Waals surface area (Å²) in [5.41, 5.74) is 6.44. The standard InChI is InChI=1S/C13H18N2O3/c1-7-4-5-9(15-11(7)13(2,3)17)8-6-10(8)18-12(14)16/h4-5,8,10,17H,6H2,1-3H3,(H2,14,16). The molecule has 1 fully saturated rings. The molecule has 0 bridgehead atoms. The highest BCUT2D eigenvalue weighted by atomic mass is 16.6. The van der Waals surface area contributed by atoms with Crippen LogP contribution in [0.3, 0.4) is 0 Å². The monoisotopic (exact) mass is 250 g/mol. The molecule has 2 rings (SSSR count). The molecule has 1 aliphatic rings. The van der Waals surface area contributed by atoms with Crippen LogP contribution in [0.25, 0.3) is 0 Å². The fraction of sp³-hybridized carbons (Fsp3) is 0.538. The fourth-order valence-electron chi connectivity index (χ4n) is 2.13. The predicted molar refractivity (Wildman–Crippen MR) is 66.0 cm³/mol. The number of aliphatic hydroxyl groups is 1. The molecule has 0 saturated heterocycles. The van der Waals surface area contributed by atoms with Gasteiger partial charge in [-0.2, -0.15) is 0 Å². The number of amides is 1. The molecule has 1 aliphatic carbocycles. The van der Waals surface area contributed by atoms with Crippen LogP contribution in [0.2, 0.25) is 0 Å². The van der Waals surface area contributed by atoms with Crippen LogP contribution in [0.5, 0.6) is 0 Å². The second kappa shape index (κ2) is 4.24. The van der Waals surface area contributed by atoms with Gasteiger partial charge in [0.05, 0.1) is 5.69 Å². The van der Waals surface area contributed by atoms with Gasteiger partial charge in [0, 0.05) is 11.6 Å². The first-order valence-electron chi connectivity index (χ1n) is 5.95. The topological polar surface area (TPSA) is 85.4 Å². The summed E-state index contributed by atoms with van der Waals surface area (Å²) >= 11 is 0. The summed E-state index contributed by atoms with van der Waals surface area (Å²) < 4.78 is 4.92. The average Bonchev–Trinajstić information content (AvgIpc) is 2.95. The maximum atomic E-state index is 10.6. The number of nitrogens with two attached hydrogens (primary N) is 1. The Morgan fingerprint density at radius 1 is 1.56 bits per heavy atom. The number of ether oxygens (including phenoxy) is 1. The molecule has 1 heterocycles. The molecule has 1 aromatic rings. The number of carbonyl (C=O) groups excluding carboxylic acids is 1. The van der Waals surface area contributed by atoms with Gasteiger partial charge in [0.2, 0.25) is 0 Å². The van der Waals surface area contributed by atoms with E-state index in [1.54, 1.807) is 13.8 Å². The third-order valence-electron chi connectivity index (χ3n) is 3.08. The van der Waals surface area contributed by atoms with E-state index in [1.807, 2.05) is 19.1 Å². The van der Waals surface area contributed by atoms with Gasteiger partial charge in [0.15, 0.2) is 0 Å². The van der Waals surface area contributed by atoms with Crippen LogP contribution in [0, 0.1) is 6.92 Å². The van der Waals surface area contributed by atoms with Gasteiger partial charge < -0.3 is 15.6 Å². The van der Waals surface area contributed by atoms with E-state index in [0.29, 0.717) is 5.69 Å². The van der Waals surface area contributed by atoms with E-state index in [1.165, 1.54) is 0 Å². The van der Waals surface area contributed by atoms with Crippen molar-refractivity contribution in [2.45, 2.75) is 44.8 Å². The van der Waals surface area contributed by atoms with Gasteiger partial charge in [-0.15, -0.1) is 0 Å². The van der Waals surface area contributed by atoms with E-state index in [-0.39, 0.29) is 12.0 Å². The number of rotatable bonds is 3. The van der Waals surface area contributed by atoms with Gasteiger partial charge in [-0.25, -0.2) is 4.79 Å². The molecule has 3 N–H and O–H groups in total. The number of aryl methyl sites for hydroxylation is 1. The first kappa shape index (κ1) is 12.8. The zero-order valence-corrected chi connectivity index (χ0v) is 10.8. The van der Waals surface area contributed by atoms with E-state index in [4.69, 9.17) is 10.5 Å². The molecule has 98 valence electrons. The summed E-state index contributed by atoms with van der Waals surface area (Å²) in [7, 11) is 0. The minimum Gasteiger partial charge on any atom is -0.446 e. The second-order valence-electron chi connectivity index (χ2n) is 5.28. The molecule has 5 heteroatoms. The molecule has 2 atom stereocenters. The first-order valence-corrected chi connectivity index (χ1v) is 5.95. The summed E-state index contributed by atoms with van der Waals surface area (Å²) in [6.45, 7) is 5.32. The summed E-state index contributed by atoms with van der Waals surface area (Å²) in [5.74, 6) is 0.0965. The highest BCUT2D eigenvalue weighted by molar-refractivity contribution is 5.65. The highest BCUT2D eigenvalue weighted by Gasteiger charge is 2.43. The zero-order chi connectivity index (χ0) is 13.5. The molecule has 0 spiro atoms. The van der Waals surface area contributed by atoms with Crippen LogP contribution in [-0.4, -0.2) is 22.3 Å². The van der Waals surface area contributed by atoms with Crippen LogP contribution in [0.1, 0.15) is 43.1 Å². The van der Waals surface area contributed by atoms with Crippen molar-refractivity contribution in [3.8, 4) is 0 Å². The third-order valence-corrected chi connectivity index (χ3v) is 3.08. The van der Waals surface area contributed by atoms with Crippen molar-refractivity contribution < 1.29 is 14.6 Å². The number of carbonyl (C=O) groups is 1. The molecule has 5 nitrogen and oxygen atoms in total. The lowest BCUT2D eigenvalue weighted by Crippen LogP contribution is -2.20. The average molecular weight is 250 g/mol. The van der Waals surface area contributed by atoms with Crippen LogP contribution in [0.4, 0.5) is 4.79 Å². The van der Waals surface area contributed by atoms with Crippen molar-refractivity contribution in [2.24, 2.45) is 5.73 Å². The summed E-state index contributed by atoms with van der Waals surface area (Å²) in [4.78, 5) is 15.1. The van der Waals surface area contributed by atoms with Crippen LogP contribution < -0.4 is 5.73 Å². The molecule has 2 unspecified atom stereocenters. The largest absolute Gasteiger partial charge is 0.446 e. The molecular weight excluding hydrogens is 232 g/mol. The van der Waals surface area contributed by atoms with E-state index in [0.717, 1.165) is 17.7 Å². The lowest BCUT2D eigenvalue weighted by Gasteiger charge is -2.19. The summed E-state index contributed by atoms with van der Waals surface area (Å²) in [6.07, 6.45) is -0.186. The molecule has 0 aliphatic heterocycles. The smallest absolute Gasteiger partial charge is 0.404 e. The molecule has 1 aromatic heterocycles. The van der Waals surface area contributed by atoms with E-state index in [2.05, 4.69) is 4.98 Å². The SMILES string of the molecule is Cc1ccc(C2CC2OC(N)=O)nc1C(C)(C)O. The maximum Gasteiger partial charge on any atom is 0.404 e. The number of hydrogen-bond acceptors (Lipinski definition) is 4. The van der Waals surface area contributed by atoms with E-state index >= 15 is 0 Å². The van der Waals surface area contributed by atoms with Crippen molar-refractivity contribution in [1.82, 2.24) is 4.98 Å². The van der Waals surface area contributed by atoms with Gasteiger partial charge in [0.1, 0.15) is 11.7 Å². The van der Waals surface area contributed by atoms with Gasteiger partial charge in [0.25, 0.3) is 0 Å². The molecule has 0 aromatic carbocycles. The second-order valence-corrected chi connectivity index (χ2v) is 5.28. The Labute approximate surface area is 106 Å². The lowest BCUT2D eigenvalue weighted by molar-refractivity contribution is 0.0728. The summed E-state index contributed by atoms with van der Waals surface area (Å²) in [6, 6.07) is 3.83. The van der Waals surface area contributed by atoms with Crippen molar-refractivity contribution in [3.05, 3.63) is 29.1 Å². The Morgan fingerprint density at radius 2 is 2.22 bits per heavy atom. The third kappa shape index (κ3) is 2.61. The zero-order valence-electron chi connectivity index (χ0n) is 10.8. The van der Waals surface area contributed by atoms with Crippen LogP contribution in [0.15, 0.2) is 12.1 Å². The van der Waals surface area contributed by atoms with Gasteiger partial charge in [-0.3, -0.25) is 4.98 Å². The van der Waals surface area contributed by atoms with Gasteiger partial charge in [-0.1, -0.05) is 6.07 Å². The van der Waals surface area contributed by atoms with E-state index in [9.17, 15) is 9.90 Å². The molecule has 0 radical (unpaired) electrons. The van der Waals surface area contributed by atoms with Crippen LogP contribution in [-0.2, 0) is 10.3 Å². The summed E-state index contributed by atoms with van der Waals surface area (Å²) in [5, 5.41) is 10.0. The Bertz CT molecular complexity index is 480. The number of nitrogens with zero attached hydrogens (tertiary/aromatic N) is 1. The maximum absolute atomic E-state index is 10.6. The Balaban J connectivity index is 2.19. The Kier molecular flexibility index (Phi) is 3.02. The lowest BCUT2D eigenvalue weighted by atomic mass is 9.99. The first-order chi connectivity index (χ1) is 8.29. The van der Waals surface area contributed by atoms with Gasteiger partial charge >= 0.3 is 6.09 Å². The van der Waals surface area contributed by atoms with Crippen molar-refractivity contribution >= 4 is 6.09 Å². The number of primary amides is 1. The van der Waals surface area contributed by atoms with Crippen molar-refractivity contribution in [2.75, 3.05) is 0 Å². The number of pyridine rings is 1. The van der Waals surface area contributed by atoms with E-state index < -0.39 is 11.7 Å². The number of aromatic nitrogens is 1.